The number of nitrogens with one attached hydrogen (secondary N) is 3. The number of hydrogen-bond acceptors (Lipinski definition) is 7. The third kappa shape index (κ3) is 9.67. The molecule has 0 fully saturated rings. The Kier molecular flexibility index (Phi) is 10.8. The van der Waals surface area contributed by atoms with E-state index >= 15 is 0 Å². The zero-order valence-corrected chi connectivity index (χ0v) is 18.1. The van der Waals surface area contributed by atoms with Crippen LogP contribution in [0.15, 0.2) is 0 Å². The highest BCUT2D eigenvalue weighted by Crippen LogP contribution is 2.48. The molecule has 0 aromatic carbocycles. The predicted molar refractivity (Wildman–Crippen MR) is 102 cm³/mol. The normalized spacial score (nSPS) is 17.0. The second-order valence-corrected chi connectivity index (χ2v) is 9.44. The van der Waals surface area contributed by atoms with Gasteiger partial charge in [0, 0.05) is 31.4 Å². The zero-order chi connectivity index (χ0) is 22.9. The third-order valence-corrected chi connectivity index (χ3v) is 6.74. The van der Waals surface area contributed by atoms with Crippen LogP contribution in [0.3, 0.4) is 0 Å². The lowest BCUT2D eigenvalue weighted by atomic mass is 10.1. The Morgan fingerprint density at radius 1 is 1.00 bits per heavy atom. The fourth-order valence-electron chi connectivity index (χ4n) is 2.43. The molecule has 4 N–H and O–H groups in total. The molecule has 0 aromatic rings. The van der Waals surface area contributed by atoms with Gasteiger partial charge in [0.25, 0.3) is 0 Å². The van der Waals surface area contributed by atoms with Gasteiger partial charge in [0.15, 0.2) is 5.78 Å². The van der Waals surface area contributed by atoms with Gasteiger partial charge in [-0.15, -0.1) is 0 Å². The zero-order valence-electron chi connectivity index (χ0n) is 17.2. The highest BCUT2D eigenvalue weighted by molar-refractivity contribution is 7.58. The Morgan fingerprint density at radius 2 is 1.55 bits per heavy atom. The first-order valence-corrected chi connectivity index (χ1v) is 11.0. The molecule has 0 heterocycles. The average Bonchev–Trinajstić information content (AvgIpc) is 2.56. The second-order valence-electron chi connectivity index (χ2n) is 6.94. The lowest BCUT2D eigenvalue weighted by molar-refractivity contribution is -0.306. The molecule has 0 saturated heterocycles. The molecule has 0 bridgehead atoms. The maximum absolute atomic E-state index is 12.8. The van der Waals surface area contributed by atoms with Crippen LogP contribution in [0, 0.1) is 5.92 Å². The molecule has 12 heteroatoms. The number of amides is 3. The molecule has 0 saturated carbocycles. The highest BCUT2D eigenvalue weighted by atomic mass is 31.2. The van der Waals surface area contributed by atoms with Gasteiger partial charge < -0.3 is 30.7 Å². The van der Waals surface area contributed by atoms with Crippen molar-refractivity contribution < 1.29 is 38.5 Å². The lowest BCUT2D eigenvalue weighted by Crippen LogP contribution is -2.51. The summed E-state index contributed by atoms with van der Waals surface area (Å²) in [5.74, 6) is -6.22. The van der Waals surface area contributed by atoms with E-state index in [-0.39, 0.29) is 12.2 Å². The number of hydrogen-bond donors (Lipinski definition) is 4. The van der Waals surface area contributed by atoms with E-state index in [4.69, 9.17) is 0 Å². The van der Waals surface area contributed by atoms with Gasteiger partial charge >= 0.3 is 0 Å². The molecule has 0 radical (unpaired) electrons. The number of Topliss-reactive ketones (excluding diaryl/α,β-unsaturated/α-hetero) is 1. The number of rotatable bonds is 12. The topological polar surface area (TPSA) is 182 Å². The van der Waals surface area contributed by atoms with Crippen molar-refractivity contribution in [2.24, 2.45) is 5.92 Å². The van der Waals surface area contributed by atoms with E-state index in [0.717, 1.165) is 6.92 Å². The van der Waals surface area contributed by atoms with Crippen molar-refractivity contribution in [3.8, 4) is 0 Å². The fourth-order valence-corrected chi connectivity index (χ4v) is 4.54. The highest BCUT2D eigenvalue weighted by Gasteiger charge is 2.36. The van der Waals surface area contributed by atoms with Gasteiger partial charge in [0.1, 0.15) is 11.8 Å². The molecule has 0 rings (SSSR count). The first-order valence-electron chi connectivity index (χ1n) is 9.10. The van der Waals surface area contributed by atoms with E-state index in [0.29, 0.717) is 0 Å². The summed E-state index contributed by atoms with van der Waals surface area (Å²) < 4.78 is 12.8. The molecular weight excluding hydrogens is 405 g/mol. The summed E-state index contributed by atoms with van der Waals surface area (Å²) >= 11 is 0. The fraction of sp³-hybridized carbons (Fsp3) is 0.706. The van der Waals surface area contributed by atoms with Crippen LogP contribution in [-0.4, -0.2) is 58.4 Å². The minimum atomic E-state index is -4.10. The van der Waals surface area contributed by atoms with Crippen LogP contribution in [-0.2, 0) is 28.5 Å². The van der Waals surface area contributed by atoms with E-state index in [9.17, 15) is 38.5 Å². The van der Waals surface area contributed by atoms with Gasteiger partial charge in [0.2, 0.25) is 25.1 Å². The smallest absolute Gasteiger partial charge is 0.243 e. The number of aliphatic carboxylic acids is 1. The lowest BCUT2D eigenvalue weighted by Gasteiger charge is -2.27. The molecule has 29 heavy (non-hydrogen) atoms. The summed E-state index contributed by atoms with van der Waals surface area (Å²) in [7, 11) is -4.10. The van der Waals surface area contributed by atoms with Gasteiger partial charge in [-0.25, -0.2) is 0 Å². The number of carboxylic acid groups (broad SMARTS) is 1. The molecule has 5 atom stereocenters. The van der Waals surface area contributed by atoms with Gasteiger partial charge in [-0.1, -0.05) is 13.8 Å². The Labute approximate surface area is 169 Å². The third-order valence-electron chi connectivity index (χ3n) is 4.20. The van der Waals surface area contributed by atoms with E-state index in [2.05, 4.69) is 16.0 Å². The van der Waals surface area contributed by atoms with Crippen molar-refractivity contribution in [3.63, 3.8) is 0 Å². The molecular formula is C17H29N3O8P-. The van der Waals surface area contributed by atoms with Gasteiger partial charge in [0.05, 0.1) is 6.04 Å². The monoisotopic (exact) mass is 434 g/mol. The number of ketones is 1. The van der Waals surface area contributed by atoms with Gasteiger partial charge in [-0.05, 0) is 20.3 Å². The summed E-state index contributed by atoms with van der Waals surface area (Å²) in [6.45, 7) is 6.82. The summed E-state index contributed by atoms with van der Waals surface area (Å²) in [5, 5.41) is 17.6. The first kappa shape index (κ1) is 26.7. The van der Waals surface area contributed by atoms with Crippen LogP contribution >= 0.6 is 7.37 Å². The molecule has 0 aliphatic heterocycles. The SMILES string of the molecule is CCC(NC(=O)C(CC(=O)[O-])NC(C)=O)P(=O)(O)CC(C)C(=O)NC(C)C(C)=O. The second kappa shape index (κ2) is 11.7. The average molecular weight is 434 g/mol. The van der Waals surface area contributed by atoms with Crippen molar-refractivity contribution in [2.45, 2.75) is 65.3 Å². The van der Waals surface area contributed by atoms with Crippen LogP contribution < -0.4 is 21.1 Å². The summed E-state index contributed by atoms with van der Waals surface area (Å²) in [6.07, 6.45) is -1.25. The van der Waals surface area contributed by atoms with Crippen LogP contribution in [0.2, 0.25) is 0 Å². The quantitative estimate of drug-likeness (QED) is 0.267. The van der Waals surface area contributed by atoms with Crippen molar-refractivity contribution in [2.75, 3.05) is 6.16 Å². The molecule has 0 spiro atoms. The Bertz CT molecular complexity index is 680. The van der Waals surface area contributed by atoms with Gasteiger partial charge in [-0.3, -0.25) is 23.7 Å². The molecule has 3 amide bonds. The minimum Gasteiger partial charge on any atom is -0.550 e. The minimum absolute atomic E-state index is 0.0236. The van der Waals surface area contributed by atoms with E-state index in [1.165, 1.54) is 27.7 Å². The molecule has 5 unspecified atom stereocenters. The van der Waals surface area contributed by atoms with Crippen LogP contribution in [0.4, 0.5) is 0 Å². The Hall–Kier alpha value is -2.26. The molecule has 0 aliphatic carbocycles. The standard InChI is InChI=1S/C17H30N3O8P/c1-6-14(20-17(26)13(7-15(23)24)19-12(5)22)29(27,28)8-9(2)16(25)18-10(3)11(4)21/h9-10,13-14H,6-8H2,1-5H3,(H,18,25)(H,19,22)(H,20,26)(H,23,24)(H,27,28)/p-1. The predicted octanol–water partition coefficient (Wildman–Crippen LogP) is -1.52. The summed E-state index contributed by atoms with van der Waals surface area (Å²) in [5.41, 5.74) is 0. The van der Waals surface area contributed by atoms with Crippen LogP contribution in [0.25, 0.3) is 0 Å². The van der Waals surface area contributed by atoms with E-state index in [1.54, 1.807) is 0 Å². The maximum atomic E-state index is 12.8. The largest absolute Gasteiger partial charge is 0.550 e. The number of carbonyl (C=O) groups excluding carboxylic acids is 5. The number of carboxylic acids is 1. The van der Waals surface area contributed by atoms with E-state index in [1.807, 2.05) is 0 Å². The van der Waals surface area contributed by atoms with Crippen molar-refractivity contribution in [3.05, 3.63) is 0 Å². The van der Waals surface area contributed by atoms with Crippen LogP contribution in [0.1, 0.15) is 47.5 Å². The van der Waals surface area contributed by atoms with Crippen molar-refractivity contribution in [1.82, 2.24) is 16.0 Å². The summed E-state index contributed by atoms with van der Waals surface area (Å²) in [6, 6.07) is -2.21. The maximum Gasteiger partial charge on any atom is 0.243 e. The summed E-state index contributed by atoms with van der Waals surface area (Å²) in [4.78, 5) is 68.0. The van der Waals surface area contributed by atoms with Crippen molar-refractivity contribution in [1.29, 1.82) is 0 Å². The number of carbonyl (C=O) groups is 5. The molecule has 0 aromatic heterocycles. The first-order chi connectivity index (χ1) is 13.2. The van der Waals surface area contributed by atoms with E-state index < -0.39 is 67.4 Å². The Morgan fingerprint density at radius 3 is 1.97 bits per heavy atom. The molecule has 0 aliphatic rings. The molecule has 166 valence electrons. The van der Waals surface area contributed by atoms with Gasteiger partial charge in [-0.2, -0.15) is 0 Å². The Balaban J connectivity index is 5.20. The molecule has 11 nitrogen and oxygen atoms in total. The van der Waals surface area contributed by atoms with Crippen molar-refractivity contribution >= 4 is 36.8 Å². The van der Waals surface area contributed by atoms with Crippen LogP contribution in [0.5, 0.6) is 0 Å².